The van der Waals surface area contributed by atoms with Crippen molar-refractivity contribution in [1.82, 2.24) is 5.32 Å². The van der Waals surface area contributed by atoms with Crippen LogP contribution in [0.1, 0.15) is 23.7 Å². The first-order chi connectivity index (χ1) is 14.6. The Balaban J connectivity index is 1.49. The first-order valence-electron chi connectivity index (χ1n) is 10.5. The van der Waals surface area contributed by atoms with Gasteiger partial charge in [-0.1, -0.05) is 43.3 Å². The quantitative estimate of drug-likeness (QED) is 0.537. The minimum atomic E-state index is -0.142. The molecule has 1 aliphatic rings. The molecule has 154 valence electrons. The van der Waals surface area contributed by atoms with E-state index in [1.54, 1.807) is 6.07 Å². The van der Waals surface area contributed by atoms with E-state index in [4.69, 9.17) is 5.73 Å². The van der Waals surface area contributed by atoms with E-state index in [9.17, 15) is 4.79 Å². The van der Waals surface area contributed by atoms with E-state index in [2.05, 4.69) is 22.5 Å². The Hall–Kier alpha value is -3.31. The van der Waals surface area contributed by atoms with Gasteiger partial charge in [-0.05, 0) is 54.9 Å². The van der Waals surface area contributed by atoms with Gasteiger partial charge in [0.05, 0.1) is 5.69 Å². The third-order valence-electron chi connectivity index (χ3n) is 5.55. The van der Waals surface area contributed by atoms with Crippen LogP contribution in [0.15, 0.2) is 72.8 Å². The summed E-state index contributed by atoms with van der Waals surface area (Å²) in [5.41, 5.74) is 11.1. The smallest absolute Gasteiger partial charge is 0.255 e. The summed E-state index contributed by atoms with van der Waals surface area (Å²) in [5, 5.41) is 6.54. The van der Waals surface area contributed by atoms with E-state index in [1.807, 2.05) is 66.7 Å². The second kappa shape index (κ2) is 9.01. The zero-order chi connectivity index (χ0) is 20.9. The molecular weight excluding hydrogens is 372 g/mol. The van der Waals surface area contributed by atoms with Crippen LogP contribution < -0.4 is 21.3 Å². The lowest BCUT2D eigenvalue weighted by atomic mass is 10.0. The Morgan fingerprint density at radius 1 is 1.07 bits per heavy atom. The van der Waals surface area contributed by atoms with Gasteiger partial charge in [-0.25, -0.2) is 0 Å². The summed E-state index contributed by atoms with van der Waals surface area (Å²) in [7, 11) is 0. The monoisotopic (exact) mass is 400 g/mol. The molecule has 1 amide bonds. The fourth-order valence-corrected chi connectivity index (χ4v) is 4.00. The highest BCUT2D eigenvalue weighted by Crippen LogP contribution is 2.30. The van der Waals surface area contributed by atoms with Gasteiger partial charge >= 0.3 is 0 Å². The van der Waals surface area contributed by atoms with E-state index < -0.39 is 0 Å². The zero-order valence-electron chi connectivity index (χ0n) is 17.3. The molecule has 4 N–H and O–H groups in total. The minimum Gasteiger partial charge on any atom is -0.399 e. The van der Waals surface area contributed by atoms with E-state index in [1.165, 1.54) is 0 Å². The van der Waals surface area contributed by atoms with Crippen molar-refractivity contribution >= 4 is 23.0 Å². The number of nitrogens with zero attached hydrogens (tertiary/aromatic N) is 1. The molecule has 5 heteroatoms. The largest absolute Gasteiger partial charge is 0.399 e. The van der Waals surface area contributed by atoms with E-state index >= 15 is 0 Å². The number of benzene rings is 3. The third kappa shape index (κ3) is 4.47. The Labute approximate surface area is 177 Å². The lowest BCUT2D eigenvalue weighted by molar-refractivity contribution is 0.102. The normalized spacial score (nSPS) is 15.9. The maximum atomic E-state index is 12.9. The van der Waals surface area contributed by atoms with Gasteiger partial charge in [-0.15, -0.1) is 0 Å². The summed E-state index contributed by atoms with van der Waals surface area (Å²) < 4.78 is 0. The maximum absolute atomic E-state index is 12.9. The van der Waals surface area contributed by atoms with Crippen LogP contribution >= 0.6 is 0 Å². The van der Waals surface area contributed by atoms with Crippen LogP contribution in [0, 0.1) is 0 Å². The summed E-state index contributed by atoms with van der Waals surface area (Å²) in [6.07, 6.45) is 1.15. The second-order valence-corrected chi connectivity index (χ2v) is 7.66. The SMILES string of the molecule is CCNC1CCN(c2ccc(C(=O)Nc3cc(N)ccc3-c3ccccc3)cc2)C1. The first-order valence-corrected chi connectivity index (χ1v) is 10.5. The van der Waals surface area contributed by atoms with Gasteiger partial charge in [0.1, 0.15) is 0 Å². The number of hydrogen-bond donors (Lipinski definition) is 3. The lowest BCUT2D eigenvalue weighted by Gasteiger charge is -2.19. The van der Waals surface area contributed by atoms with Gasteiger partial charge < -0.3 is 21.3 Å². The van der Waals surface area contributed by atoms with E-state index in [0.717, 1.165) is 42.9 Å². The molecule has 1 heterocycles. The molecule has 3 aromatic rings. The Morgan fingerprint density at radius 2 is 1.83 bits per heavy atom. The Morgan fingerprint density at radius 3 is 2.57 bits per heavy atom. The summed E-state index contributed by atoms with van der Waals surface area (Å²) in [6, 6.07) is 23.9. The van der Waals surface area contributed by atoms with Crippen molar-refractivity contribution in [3.05, 3.63) is 78.4 Å². The number of nitrogens with one attached hydrogen (secondary N) is 2. The summed E-state index contributed by atoms with van der Waals surface area (Å²) in [4.78, 5) is 15.3. The van der Waals surface area contributed by atoms with E-state index in [0.29, 0.717) is 23.0 Å². The highest BCUT2D eigenvalue weighted by Gasteiger charge is 2.22. The van der Waals surface area contributed by atoms with Crippen LogP contribution in [-0.4, -0.2) is 31.6 Å². The first kappa shape index (κ1) is 20.0. The van der Waals surface area contributed by atoms with Crippen LogP contribution in [0.25, 0.3) is 11.1 Å². The topological polar surface area (TPSA) is 70.4 Å². The van der Waals surface area contributed by atoms with Gasteiger partial charge in [0.2, 0.25) is 0 Å². The number of nitrogens with two attached hydrogens (primary N) is 1. The van der Waals surface area contributed by atoms with Crippen LogP contribution in [-0.2, 0) is 0 Å². The lowest BCUT2D eigenvalue weighted by Crippen LogP contribution is -2.32. The molecule has 1 atom stereocenters. The van der Waals surface area contributed by atoms with Crippen molar-refractivity contribution in [3.8, 4) is 11.1 Å². The van der Waals surface area contributed by atoms with Crippen molar-refractivity contribution in [2.24, 2.45) is 0 Å². The van der Waals surface area contributed by atoms with Gasteiger partial charge in [-0.3, -0.25) is 4.79 Å². The predicted octanol–water partition coefficient (Wildman–Crippen LogP) is 4.38. The molecule has 0 aromatic heterocycles. The van der Waals surface area contributed by atoms with Crippen LogP contribution in [0.5, 0.6) is 0 Å². The molecule has 30 heavy (non-hydrogen) atoms. The summed E-state index contributed by atoms with van der Waals surface area (Å²) in [6.45, 7) is 5.17. The molecule has 4 rings (SSSR count). The minimum absolute atomic E-state index is 0.142. The van der Waals surface area contributed by atoms with Crippen LogP contribution in [0.4, 0.5) is 17.1 Å². The number of nitrogen functional groups attached to an aromatic ring is 1. The molecule has 0 saturated carbocycles. The number of hydrogen-bond acceptors (Lipinski definition) is 4. The molecule has 1 aliphatic heterocycles. The standard InChI is InChI=1S/C25H28N4O/c1-2-27-21-14-15-29(17-21)22-11-8-19(9-12-22)25(30)28-24-16-20(26)10-13-23(24)18-6-4-3-5-7-18/h3-13,16,21,27H,2,14-15,17,26H2,1H3,(H,28,30). The highest BCUT2D eigenvalue weighted by atomic mass is 16.1. The second-order valence-electron chi connectivity index (χ2n) is 7.66. The molecule has 0 aliphatic carbocycles. The van der Waals surface area contributed by atoms with E-state index in [-0.39, 0.29) is 5.91 Å². The number of likely N-dealkylation sites (N-methyl/N-ethyl adjacent to an activating group) is 1. The number of carbonyl (C=O) groups excluding carboxylic acids is 1. The number of amides is 1. The maximum Gasteiger partial charge on any atom is 0.255 e. The fourth-order valence-electron chi connectivity index (χ4n) is 4.00. The highest BCUT2D eigenvalue weighted by molar-refractivity contribution is 6.06. The molecule has 1 saturated heterocycles. The predicted molar refractivity (Wildman–Crippen MR) is 125 cm³/mol. The average molecular weight is 401 g/mol. The molecule has 0 radical (unpaired) electrons. The van der Waals surface area contributed by atoms with Gasteiger partial charge in [0.15, 0.2) is 0 Å². The fraction of sp³-hybridized carbons (Fsp3) is 0.240. The third-order valence-corrected chi connectivity index (χ3v) is 5.55. The molecule has 1 unspecified atom stereocenters. The van der Waals surface area contributed by atoms with Gasteiger partial charge in [0, 0.05) is 41.6 Å². The molecule has 1 fully saturated rings. The molecule has 3 aromatic carbocycles. The number of rotatable bonds is 6. The summed E-state index contributed by atoms with van der Waals surface area (Å²) in [5.74, 6) is -0.142. The number of carbonyl (C=O) groups is 1. The summed E-state index contributed by atoms with van der Waals surface area (Å²) >= 11 is 0. The van der Waals surface area contributed by atoms with Crippen molar-refractivity contribution in [1.29, 1.82) is 0 Å². The average Bonchev–Trinajstić information content (AvgIpc) is 3.23. The van der Waals surface area contributed by atoms with Crippen molar-refractivity contribution in [3.63, 3.8) is 0 Å². The molecular formula is C25H28N4O. The Kier molecular flexibility index (Phi) is 6.00. The van der Waals surface area contributed by atoms with Crippen LogP contribution in [0.2, 0.25) is 0 Å². The molecule has 5 nitrogen and oxygen atoms in total. The van der Waals surface area contributed by atoms with Gasteiger partial charge in [-0.2, -0.15) is 0 Å². The molecule has 0 spiro atoms. The van der Waals surface area contributed by atoms with Crippen molar-refractivity contribution in [2.45, 2.75) is 19.4 Å². The van der Waals surface area contributed by atoms with Gasteiger partial charge in [0.25, 0.3) is 5.91 Å². The molecule has 0 bridgehead atoms. The Bertz CT molecular complexity index is 1000. The number of anilines is 3. The van der Waals surface area contributed by atoms with Crippen LogP contribution in [0.3, 0.4) is 0 Å². The van der Waals surface area contributed by atoms with Crippen molar-refractivity contribution in [2.75, 3.05) is 35.6 Å². The van der Waals surface area contributed by atoms with Crippen molar-refractivity contribution < 1.29 is 4.79 Å². The zero-order valence-corrected chi connectivity index (χ0v) is 17.3.